The molecule has 2 fully saturated rings. The molecule has 1 amide bonds. The van der Waals surface area contributed by atoms with Crippen LogP contribution in [-0.4, -0.2) is 29.5 Å². The number of carbonyl (C=O) groups is 1. The molecule has 3 nitrogen and oxygen atoms in total. The minimum Gasteiger partial charge on any atom is -0.493 e. The molecule has 0 spiro atoms. The number of hydrogen-bond donors (Lipinski definition) is 0. The van der Waals surface area contributed by atoms with Gasteiger partial charge in [-0.15, -0.1) is 0 Å². The number of halogens is 1. The van der Waals surface area contributed by atoms with Crippen LogP contribution in [0.4, 0.5) is 4.39 Å². The first-order valence-electron chi connectivity index (χ1n) is 8.43. The lowest BCUT2D eigenvalue weighted by Gasteiger charge is -2.34. The number of nitrogens with zero attached hydrogens (tertiary/aromatic N) is 1. The van der Waals surface area contributed by atoms with Gasteiger partial charge in [-0.1, -0.05) is 19.3 Å². The van der Waals surface area contributed by atoms with Crippen molar-refractivity contribution in [1.29, 1.82) is 0 Å². The molecular formula is C18H24FNO2. The summed E-state index contributed by atoms with van der Waals surface area (Å²) in [5.41, 5.74) is 0. The number of rotatable bonds is 6. The fraction of sp³-hybridized carbons (Fsp3) is 0.611. The van der Waals surface area contributed by atoms with Gasteiger partial charge in [-0.3, -0.25) is 4.79 Å². The summed E-state index contributed by atoms with van der Waals surface area (Å²) in [7, 11) is 0. The van der Waals surface area contributed by atoms with Gasteiger partial charge in [0.25, 0.3) is 0 Å². The van der Waals surface area contributed by atoms with Crippen LogP contribution >= 0.6 is 0 Å². The second kappa shape index (κ2) is 7.12. The summed E-state index contributed by atoms with van der Waals surface area (Å²) in [6.07, 6.45) is 8.81. The van der Waals surface area contributed by atoms with E-state index in [1.165, 1.54) is 31.4 Å². The molecule has 2 aliphatic carbocycles. The summed E-state index contributed by atoms with van der Waals surface area (Å²) >= 11 is 0. The zero-order valence-electron chi connectivity index (χ0n) is 13.0. The summed E-state index contributed by atoms with van der Waals surface area (Å²) in [6.45, 7) is 0.362. The van der Waals surface area contributed by atoms with E-state index in [4.69, 9.17) is 4.74 Å². The highest BCUT2D eigenvalue weighted by Crippen LogP contribution is 2.34. The maximum Gasteiger partial charge on any atom is 0.226 e. The third-order valence-electron chi connectivity index (χ3n) is 4.59. The molecule has 0 aromatic heterocycles. The Kier molecular flexibility index (Phi) is 4.96. The van der Waals surface area contributed by atoms with Crippen molar-refractivity contribution in [3.8, 4) is 5.75 Å². The van der Waals surface area contributed by atoms with Crippen LogP contribution in [0.15, 0.2) is 24.3 Å². The number of benzene rings is 1. The monoisotopic (exact) mass is 305 g/mol. The van der Waals surface area contributed by atoms with E-state index in [2.05, 4.69) is 4.90 Å². The summed E-state index contributed by atoms with van der Waals surface area (Å²) in [6, 6.07) is 6.85. The molecule has 0 aliphatic heterocycles. The van der Waals surface area contributed by atoms with E-state index in [0.29, 0.717) is 30.9 Å². The molecule has 0 N–H and O–H groups in total. The Labute approximate surface area is 131 Å². The van der Waals surface area contributed by atoms with Crippen LogP contribution in [0, 0.1) is 5.82 Å². The van der Waals surface area contributed by atoms with Crippen molar-refractivity contribution in [2.24, 2.45) is 0 Å². The quantitative estimate of drug-likeness (QED) is 0.797. The van der Waals surface area contributed by atoms with E-state index in [-0.39, 0.29) is 11.7 Å². The highest BCUT2D eigenvalue weighted by atomic mass is 19.1. The topological polar surface area (TPSA) is 29.5 Å². The SMILES string of the molecule is O=C(CCOc1ccc(F)cc1)N(C1CCCCC1)C1CC1. The number of hydrogen-bond acceptors (Lipinski definition) is 2. The molecule has 0 unspecified atom stereocenters. The average molecular weight is 305 g/mol. The van der Waals surface area contributed by atoms with Gasteiger partial charge in [0.1, 0.15) is 11.6 Å². The third-order valence-corrected chi connectivity index (χ3v) is 4.59. The van der Waals surface area contributed by atoms with Gasteiger partial charge < -0.3 is 9.64 Å². The smallest absolute Gasteiger partial charge is 0.226 e. The number of amides is 1. The second-order valence-corrected chi connectivity index (χ2v) is 6.38. The minimum atomic E-state index is -0.277. The Morgan fingerprint density at radius 2 is 1.68 bits per heavy atom. The van der Waals surface area contributed by atoms with Gasteiger partial charge in [0.2, 0.25) is 5.91 Å². The van der Waals surface area contributed by atoms with Crippen molar-refractivity contribution in [3.63, 3.8) is 0 Å². The lowest BCUT2D eigenvalue weighted by atomic mass is 9.94. The molecule has 120 valence electrons. The first kappa shape index (κ1) is 15.3. The van der Waals surface area contributed by atoms with Gasteiger partial charge in [0.05, 0.1) is 13.0 Å². The molecule has 1 aromatic rings. The predicted octanol–water partition coefficient (Wildman–Crippen LogP) is 3.92. The van der Waals surface area contributed by atoms with Crippen molar-refractivity contribution in [2.45, 2.75) is 63.5 Å². The van der Waals surface area contributed by atoms with Crippen LogP contribution in [0.25, 0.3) is 0 Å². The minimum absolute atomic E-state index is 0.219. The molecule has 0 saturated heterocycles. The highest BCUT2D eigenvalue weighted by Gasteiger charge is 2.37. The van der Waals surface area contributed by atoms with Crippen LogP contribution in [0.1, 0.15) is 51.4 Å². The highest BCUT2D eigenvalue weighted by molar-refractivity contribution is 5.77. The summed E-state index contributed by atoms with van der Waals surface area (Å²) in [4.78, 5) is 14.7. The Hall–Kier alpha value is -1.58. The van der Waals surface area contributed by atoms with Crippen LogP contribution in [0.2, 0.25) is 0 Å². The molecule has 1 aromatic carbocycles. The second-order valence-electron chi connectivity index (χ2n) is 6.38. The first-order valence-corrected chi connectivity index (χ1v) is 8.43. The van der Waals surface area contributed by atoms with Crippen LogP contribution in [0.3, 0.4) is 0 Å². The molecule has 22 heavy (non-hydrogen) atoms. The van der Waals surface area contributed by atoms with E-state index in [1.54, 1.807) is 12.1 Å². The van der Waals surface area contributed by atoms with E-state index in [1.807, 2.05) is 0 Å². The van der Waals surface area contributed by atoms with Crippen LogP contribution < -0.4 is 4.74 Å². The van der Waals surface area contributed by atoms with Crippen molar-refractivity contribution < 1.29 is 13.9 Å². The van der Waals surface area contributed by atoms with Crippen molar-refractivity contribution in [1.82, 2.24) is 4.90 Å². The number of carbonyl (C=O) groups excluding carboxylic acids is 1. The molecule has 2 aliphatic rings. The fourth-order valence-electron chi connectivity index (χ4n) is 3.33. The van der Waals surface area contributed by atoms with E-state index >= 15 is 0 Å². The molecule has 0 bridgehead atoms. The Balaban J connectivity index is 1.49. The normalized spacial score (nSPS) is 19.0. The Morgan fingerprint density at radius 3 is 2.32 bits per heavy atom. The largest absolute Gasteiger partial charge is 0.493 e. The zero-order valence-corrected chi connectivity index (χ0v) is 13.0. The van der Waals surface area contributed by atoms with Gasteiger partial charge in [0, 0.05) is 12.1 Å². The maximum atomic E-state index is 12.8. The molecule has 0 radical (unpaired) electrons. The van der Waals surface area contributed by atoms with Gasteiger partial charge in [-0.25, -0.2) is 4.39 Å². The van der Waals surface area contributed by atoms with Crippen LogP contribution in [-0.2, 0) is 4.79 Å². The standard InChI is InChI=1S/C18H24FNO2/c19-14-6-10-17(11-7-14)22-13-12-18(21)20(16-8-9-16)15-4-2-1-3-5-15/h6-7,10-11,15-16H,1-5,8-9,12-13H2. The lowest BCUT2D eigenvalue weighted by molar-refractivity contribution is -0.135. The fourth-order valence-corrected chi connectivity index (χ4v) is 3.33. The average Bonchev–Trinajstić information content (AvgIpc) is 3.35. The molecule has 4 heteroatoms. The maximum absolute atomic E-state index is 12.8. The summed E-state index contributed by atoms with van der Waals surface area (Å²) in [5, 5.41) is 0. The molecule has 0 heterocycles. The third kappa shape index (κ3) is 3.99. The van der Waals surface area contributed by atoms with Gasteiger partial charge in [-0.2, -0.15) is 0 Å². The van der Waals surface area contributed by atoms with Crippen LogP contribution in [0.5, 0.6) is 5.75 Å². The zero-order chi connectivity index (χ0) is 15.4. The molecule has 2 saturated carbocycles. The Morgan fingerprint density at radius 1 is 1.05 bits per heavy atom. The van der Waals surface area contributed by atoms with Crippen molar-refractivity contribution in [2.75, 3.05) is 6.61 Å². The predicted molar refractivity (Wildman–Crippen MR) is 83.3 cm³/mol. The first-order chi connectivity index (χ1) is 10.7. The van der Waals surface area contributed by atoms with Gasteiger partial charge in [0.15, 0.2) is 0 Å². The van der Waals surface area contributed by atoms with E-state index < -0.39 is 0 Å². The lowest BCUT2D eigenvalue weighted by Crippen LogP contribution is -2.43. The summed E-state index contributed by atoms with van der Waals surface area (Å²) < 4.78 is 18.4. The van der Waals surface area contributed by atoms with Crippen molar-refractivity contribution in [3.05, 3.63) is 30.1 Å². The van der Waals surface area contributed by atoms with E-state index in [0.717, 1.165) is 25.7 Å². The van der Waals surface area contributed by atoms with E-state index in [9.17, 15) is 9.18 Å². The van der Waals surface area contributed by atoms with Gasteiger partial charge >= 0.3 is 0 Å². The number of ether oxygens (including phenoxy) is 1. The molecule has 0 atom stereocenters. The van der Waals surface area contributed by atoms with Crippen molar-refractivity contribution >= 4 is 5.91 Å². The van der Waals surface area contributed by atoms with Gasteiger partial charge in [-0.05, 0) is 49.9 Å². The molecule has 3 rings (SSSR count). The Bertz CT molecular complexity index is 492. The summed E-state index contributed by atoms with van der Waals surface area (Å²) in [5.74, 6) is 0.557. The molecular weight excluding hydrogens is 281 g/mol.